The number of nitrogens with one attached hydrogen (secondary N) is 1. The van der Waals surface area contributed by atoms with Crippen molar-refractivity contribution in [2.45, 2.75) is 26.5 Å². The van der Waals surface area contributed by atoms with Crippen molar-refractivity contribution >= 4 is 11.7 Å². The average Bonchev–Trinajstić information content (AvgIpc) is 2.92. The van der Waals surface area contributed by atoms with Gasteiger partial charge >= 0.3 is 6.03 Å². The van der Waals surface area contributed by atoms with Gasteiger partial charge < -0.3 is 19.7 Å². The van der Waals surface area contributed by atoms with Crippen LogP contribution >= 0.6 is 0 Å². The van der Waals surface area contributed by atoms with Gasteiger partial charge in [-0.1, -0.05) is 61.5 Å². The molecule has 0 unspecified atom stereocenters. The zero-order valence-corrected chi connectivity index (χ0v) is 20.5. The van der Waals surface area contributed by atoms with E-state index in [0.29, 0.717) is 19.7 Å². The molecule has 1 fully saturated rings. The first-order chi connectivity index (χ1) is 17.2. The summed E-state index contributed by atoms with van der Waals surface area (Å²) in [5.74, 6) is 0.818. The van der Waals surface area contributed by atoms with Crippen LogP contribution in [0.2, 0.25) is 0 Å². The average molecular weight is 474 g/mol. The fourth-order valence-corrected chi connectivity index (χ4v) is 4.02. The van der Waals surface area contributed by atoms with E-state index in [1.54, 1.807) is 0 Å². The molecule has 6 nitrogen and oxygen atoms in total. The molecule has 184 valence electrons. The van der Waals surface area contributed by atoms with E-state index in [9.17, 15) is 4.79 Å². The SMILES string of the molecule is CCc1ccc(NC(=O)N(CCN2CCOCC2)Cc2ccc(OCc3ccccc3)cc2)cc1. The summed E-state index contributed by atoms with van der Waals surface area (Å²) in [6.45, 7) is 7.96. The molecular weight excluding hydrogens is 438 g/mol. The van der Waals surface area contributed by atoms with Crippen molar-refractivity contribution in [2.75, 3.05) is 44.7 Å². The lowest BCUT2D eigenvalue weighted by Crippen LogP contribution is -2.44. The molecule has 1 heterocycles. The van der Waals surface area contributed by atoms with Crippen molar-refractivity contribution < 1.29 is 14.3 Å². The van der Waals surface area contributed by atoms with Crippen LogP contribution in [0.1, 0.15) is 23.6 Å². The quantitative estimate of drug-likeness (QED) is 0.440. The topological polar surface area (TPSA) is 54.0 Å². The molecule has 0 aromatic heterocycles. The molecular formula is C29H35N3O3. The Labute approximate surface area is 208 Å². The van der Waals surface area contributed by atoms with Crippen LogP contribution in [-0.2, 0) is 24.3 Å². The highest BCUT2D eigenvalue weighted by Crippen LogP contribution is 2.17. The van der Waals surface area contributed by atoms with Crippen LogP contribution < -0.4 is 10.1 Å². The highest BCUT2D eigenvalue weighted by atomic mass is 16.5. The van der Waals surface area contributed by atoms with Crippen molar-refractivity contribution in [1.82, 2.24) is 9.80 Å². The minimum absolute atomic E-state index is 0.0908. The van der Waals surface area contributed by atoms with Gasteiger partial charge in [0.05, 0.1) is 13.2 Å². The van der Waals surface area contributed by atoms with E-state index in [2.05, 4.69) is 41.4 Å². The molecule has 1 saturated heterocycles. The fourth-order valence-electron chi connectivity index (χ4n) is 4.02. The minimum Gasteiger partial charge on any atom is -0.489 e. The molecule has 0 saturated carbocycles. The highest BCUT2D eigenvalue weighted by Gasteiger charge is 2.17. The van der Waals surface area contributed by atoms with E-state index in [-0.39, 0.29) is 6.03 Å². The van der Waals surface area contributed by atoms with Crippen molar-refractivity contribution in [1.29, 1.82) is 0 Å². The number of rotatable bonds is 10. The van der Waals surface area contributed by atoms with E-state index >= 15 is 0 Å². The first-order valence-electron chi connectivity index (χ1n) is 12.4. The summed E-state index contributed by atoms with van der Waals surface area (Å²) in [5.41, 5.74) is 4.26. The molecule has 0 bridgehead atoms. The van der Waals surface area contributed by atoms with Crippen LogP contribution in [0, 0.1) is 0 Å². The Bertz CT molecular complexity index is 1030. The zero-order chi connectivity index (χ0) is 24.3. The van der Waals surface area contributed by atoms with Gasteiger partial charge in [-0.2, -0.15) is 0 Å². The van der Waals surface area contributed by atoms with Gasteiger partial charge in [0.2, 0.25) is 0 Å². The van der Waals surface area contributed by atoms with Gasteiger partial charge in [0.1, 0.15) is 12.4 Å². The third-order valence-corrected chi connectivity index (χ3v) is 6.24. The molecule has 1 aliphatic rings. The summed E-state index contributed by atoms with van der Waals surface area (Å²) in [4.78, 5) is 17.4. The van der Waals surface area contributed by atoms with Crippen LogP contribution in [0.15, 0.2) is 78.9 Å². The molecule has 4 rings (SSSR count). The van der Waals surface area contributed by atoms with Crippen LogP contribution in [0.4, 0.5) is 10.5 Å². The number of urea groups is 1. The summed E-state index contributed by atoms with van der Waals surface area (Å²) in [5, 5.41) is 3.07. The third-order valence-electron chi connectivity index (χ3n) is 6.24. The number of benzene rings is 3. The Balaban J connectivity index is 1.38. The van der Waals surface area contributed by atoms with Crippen LogP contribution in [0.25, 0.3) is 0 Å². The van der Waals surface area contributed by atoms with E-state index in [4.69, 9.17) is 9.47 Å². The second-order valence-corrected chi connectivity index (χ2v) is 8.77. The second kappa shape index (κ2) is 12.9. The third kappa shape index (κ3) is 7.84. The number of hydrogen-bond acceptors (Lipinski definition) is 4. The van der Waals surface area contributed by atoms with Crippen LogP contribution in [0.5, 0.6) is 5.75 Å². The highest BCUT2D eigenvalue weighted by molar-refractivity contribution is 5.89. The molecule has 1 aliphatic heterocycles. The van der Waals surface area contributed by atoms with E-state index in [1.807, 2.05) is 59.5 Å². The summed E-state index contributed by atoms with van der Waals surface area (Å²) in [6, 6.07) is 26.1. The number of anilines is 1. The maximum atomic E-state index is 13.2. The van der Waals surface area contributed by atoms with Gasteiger partial charge in [0, 0.05) is 38.4 Å². The maximum Gasteiger partial charge on any atom is 0.322 e. The standard InChI is InChI=1S/C29H35N3O3/c1-2-24-8-12-27(13-9-24)30-29(33)32(17-16-31-18-20-34-21-19-31)22-25-10-14-28(15-11-25)35-23-26-6-4-3-5-7-26/h3-15H,2,16-23H2,1H3,(H,30,33). The molecule has 0 spiro atoms. The smallest absolute Gasteiger partial charge is 0.322 e. The second-order valence-electron chi connectivity index (χ2n) is 8.77. The monoisotopic (exact) mass is 473 g/mol. The molecule has 0 atom stereocenters. The van der Waals surface area contributed by atoms with Crippen molar-refractivity contribution in [3.05, 3.63) is 95.6 Å². The summed E-state index contributed by atoms with van der Waals surface area (Å²) >= 11 is 0. The van der Waals surface area contributed by atoms with Gasteiger partial charge in [-0.25, -0.2) is 4.79 Å². The number of aryl methyl sites for hydroxylation is 1. The number of amides is 2. The molecule has 2 amide bonds. The minimum atomic E-state index is -0.0908. The number of hydrogen-bond donors (Lipinski definition) is 1. The summed E-state index contributed by atoms with van der Waals surface area (Å²) in [7, 11) is 0. The number of nitrogens with zero attached hydrogens (tertiary/aromatic N) is 2. The summed E-state index contributed by atoms with van der Waals surface area (Å²) in [6.07, 6.45) is 0.977. The van der Waals surface area contributed by atoms with Crippen molar-refractivity contribution in [2.24, 2.45) is 0 Å². The lowest BCUT2D eigenvalue weighted by molar-refractivity contribution is 0.0349. The van der Waals surface area contributed by atoms with E-state index in [1.165, 1.54) is 5.56 Å². The first kappa shape index (κ1) is 24.8. The summed E-state index contributed by atoms with van der Waals surface area (Å²) < 4.78 is 11.4. The number of morpholine rings is 1. The normalized spacial score (nSPS) is 13.9. The van der Waals surface area contributed by atoms with E-state index < -0.39 is 0 Å². The van der Waals surface area contributed by atoms with Crippen molar-refractivity contribution in [3.8, 4) is 5.75 Å². The molecule has 6 heteroatoms. The van der Waals surface area contributed by atoms with Gasteiger partial charge in [0.25, 0.3) is 0 Å². The van der Waals surface area contributed by atoms with Gasteiger partial charge in [-0.15, -0.1) is 0 Å². The Morgan fingerprint density at radius 2 is 1.60 bits per heavy atom. The van der Waals surface area contributed by atoms with Crippen LogP contribution in [0.3, 0.4) is 0 Å². The number of carbonyl (C=O) groups excluding carboxylic acids is 1. The predicted molar refractivity (Wildman–Crippen MR) is 140 cm³/mol. The molecule has 0 aliphatic carbocycles. The maximum absolute atomic E-state index is 13.2. The molecule has 3 aromatic carbocycles. The Morgan fingerprint density at radius 3 is 2.29 bits per heavy atom. The molecule has 1 N–H and O–H groups in total. The Hall–Kier alpha value is -3.35. The molecule has 0 radical (unpaired) electrons. The first-order valence-corrected chi connectivity index (χ1v) is 12.4. The zero-order valence-electron chi connectivity index (χ0n) is 20.5. The van der Waals surface area contributed by atoms with Gasteiger partial charge in [-0.05, 0) is 47.4 Å². The lowest BCUT2D eigenvalue weighted by Gasteiger charge is -2.30. The van der Waals surface area contributed by atoms with Gasteiger partial charge in [0.15, 0.2) is 0 Å². The Morgan fingerprint density at radius 1 is 0.914 bits per heavy atom. The van der Waals surface area contributed by atoms with Crippen molar-refractivity contribution in [3.63, 3.8) is 0 Å². The predicted octanol–water partition coefficient (Wildman–Crippen LogP) is 5.19. The van der Waals surface area contributed by atoms with E-state index in [0.717, 1.165) is 61.8 Å². The number of ether oxygens (including phenoxy) is 2. The largest absolute Gasteiger partial charge is 0.489 e. The molecule has 35 heavy (non-hydrogen) atoms. The number of carbonyl (C=O) groups is 1. The van der Waals surface area contributed by atoms with Crippen LogP contribution in [-0.4, -0.2) is 55.2 Å². The fraction of sp³-hybridized carbons (Fsp3) is 0.345. The molecule has 3 aromatic rings. The van der Waals surface area contributed by atoms with Gasteiger partial charge in [-0.3, -0.25) is 4.90 Å². The lowest BCUT2D eigenvalue weighted by atomic mass is 10.1. The Kier molecular flexibility index (Phi) is 9.15.